The molecule has 57 heavy (non-hydrogen) atoms. The maximum atomic E-state index is 10.4. The van der Waals surface area contributed by atoms with E-state index in [2.05, 4.69) is 78.6 Å². The van der Waals surface area contributed by atoms with E-state index in [0.29, 0.717) is 42.5 Å². The Hall–Kier alpha value is -4.56. The topological polar surface area (TPSA) is 420 Å². The molecule has 3 unspecified atom stereocenters. The van der Waals surface area contributed by atoms with E-state index in [9.17, 15) is 19.5 Å². The maximum Gasteiger partial charge on any atom is 1.00 e. The molecule has 4 heterocycles. The SMILES string of the molecule is C.CC=N/C=C(\[O-])OC.NC(CCc1cnc(NP)[nH]1)C(=O)O.Nc1ncc(CC(=O)O)[nH]1.O=C(O)Cc1cnc[nH]1.O=N[O-].OCCc1cnc(NP)[nH]1.[H+].[Li+].[Na+]. The van der Waals surface area contributed by atoms with E-state index in [1.54, 1.807) is 19.3 Å². The number of methoxy groups -OCH3 is 1. The predicted molar refractivity (Wildman–Crippen MR) is 209 cm³/mol. The summed E-state index contributed by atoms with van der Waals surface area (Å²) in [5.41, 5.74) is 13.5. The van der Waals surface area contributed by atoms with Gasteiger partial charge in [-0.3, -0.25) is 19.4 Å². The van der Waals surface area contributed by atoms with Gasteiger partial charge in [0.05, 0.1) is 43.7 Å². The van der Waals surface area contributed by atoms with Crippen LogP contribution < -0.4 is 75.2 Å². The van der Waals surface area contributed by atoms with Crippen LogP contribution in [0.25, 0.3) is 0 Å². The van der Waals surface area contributed by atoms with Crippen molar-refractivity contribution in [2.24, 2.45) is 16.1 Å². The number of H-pyrrole nitrogens is 4. The third-order valence-electron chi connectivity index (χ3n) is 5.37. The molecule has 0 aliphatic heterocycles. The molecule has 0 fully saturated rings. The monoisotopic (exact) mass is 849 g/mol. The van der Waals surface area contributed by atoms with E-state index < -0.39 is 29.9 Å². The largest absolute Gasteiger partial charge is 1.00 e. The van der Waals surface area contributed by atoms with Crippen molar-refractivity contribution in [2.75, 3.05) is 29.6 Å². The van der Waals surface area contributed by atoms with Crippen molar-refractivity contribution in [3.05, 3.63) is 76.1 Å². The molecule has 14 N–H and O–H groups in total. The van der Waals surface area contributed by atoms with Crippen LogP contribution in [0.2, 0.25) is 0 Å². The number of anilines is 3. The van der Waals surface area contributed by atoms with Crippen molar-refractivity contribution in [1.82, 2.24) is 39.9 Å². The number of carboxylic acid groups (broad SMARTS) is 3. The van der Waals surface area contributed by atoms with Crippen LogP contribution in [0.4, 0.5) is 17.8 Å². The number of hydrogen-bond acceptors (Lipinski definition) is 18. The molecule has 0 spiro atoms. The molecule has 3 atom stereocenters. The first-order valence-corrected chi connectivity index (χ1v) is 16.0. The summed E-state index contributed by atoms with van der Waals surface area (Å²) >= 11 is 0. The van der Waals surface area contributed by atoms with Gasteiger partial charge in [0.1, 0.15) is 6.04 Å². The predicted octanol–water partition coefficient (Wildman–Crippen LogP) is -5.35. The second-order valence-electron chi connectivity index (χ2n) is 9.41. The van der Waals surface area contributed by atoms with Crippen LogP contribution in [0.5, 0.6) is 0 Å². The van der Waals surface area contributed by atoms with Crippen LogP contribution in [0.3, 0.4) is 0 Å². The van der Waals surface area contributed by atoms with Crippen LogP contribution in [0.1, 0.15) is 45.0 Å². The summed E-state index contributed by atoms with van der Waals surface area (Å²) in [7, 11) is 5.96. The number of ether oxygens (including phenoxy) is 1. The number of aryl methyl sites for hydroxylation is 1. The Morgan fingerprint density at radius 3 is 1.81 bits per heavy atom. The number of aliphatic imine (C=N–C) groups is 1. The van der Waals surface area contributed by atoms with Crippen LogP contribution in [0.15, 0.2) is 53.6 Å². The van der Waals surface area contributed by atoms with E-state index in [4.69, 9.17) is 42.0 Å². The number of nitrogens with two attached hydrogens (primary N) is 2. The fourth-order valence-electron chi connectivity index (χ4n) is 3.04. The molecule has 0 aliphatic rings. The number of nitrogens with zero attached hydrogens (tertiary/aromatic N) is 6. The minimum atomic E-state index is -0.978. The molecule has 0 saturated carbocycles. The molecule has 4 aromatic heterocycles. The van der Waals surface area contributed by atoms with Crippen molar-refractivity contribution >= 4 is 60.7 Å². The zero-order chi connectivity index (χ0) is 41.3. The zero-order valence-electron chi connectivity index (χ0n) is 32.0. The Balaban J connectivity index is -0.000000142. The van der Waals surface area contributed by atoms with Gasteiger partial charge in [-0.05, 0) is 45.7 Å². The van der Waals surface area contributed by atoms with Gasteiger partial charge in [-0.15, -0.1) is 5.34 Å². The minimum absolute atomic E-state index is 0. The third-order valence-corrected chi connectivity index (χ3v) is 5.92. The number of nitrogens with one attached hydrogen (secondary N) is 6. The van der Waals surface area contributed by atoms with Crippen molar-refractivity contribution in [3.63, 3.8) is 0 Å². The Morgan fingerprint density at radius 1 is 0.965 bits per heavy atom. The number of aliphatic hydroxyl groups excluding tert-OH is 1. The first-order valence-electron chi connectivity index (χ1n) is 14.8. The second-order valence-corrected chi connectivity index (χ2v) is 9.98. The third kappa shape index (κ3) is 35.6. The summed E-state index contributed by atoms with van der Waals surface area (Å²) in [6.45, 7) is 1.87. The number of carbonyl (C=O) groups is 3. The van der Waals surface area contributed by atoms with Gasteiger partial charge in [0.2, 0.25) is 11.9 Å². The van der Waals surface area contributed by atoms with Gasteiger partial charge in [-0.25, -0.2) is 19.9 Å². The molecule has 0 aliphatic carbocycles. The first-order chi connectivity index (χ1) is 25.7. The molecule has 0 saturated heterocycles. The van der Waals surface area contributed by atoms with E-state index >= 15 is 0 Å². The normalized spacial score (nSPS) is 9.89. The molecule has 0 radical (unpaired) electrons. The summed E-state index contributed by atoms with van der Waals surface area (Å²) in [6.07, 6.45) is 11.9. The number of nitrogen functional groups attached to an aromatic ring is 1. The number of aliphatic hydroxyl groups is 1. The Morgan fingerprint density at radius 2 is 1.46 bits per heavy atom. The van der Waals surface area contributed by atoms with Gasteiger partial charge in [-0.2, -0.15) is 0 Å². The first kappa shape index (κ1) is 61.7. The van der Waals surface area contributed by atoms with Crippen molar-refractivity contribution in [3.8, 4) is 0 Å². The molecular weight excluding hydrogens is 800 g/mol. The summed E-state index contributed by atoms with van der Waals surface area (Å²) in [5, 5.41) is 58.3. The maximum absolute atomic E-state index is 10.4. The summed E-state index contributed by atoms with van der Waals surface area (Å²) < 4.78 is 4.24. The van der Waals surface area contributed by atoms with Crippen molar-refractivity contribution < 1.29 is 94.5 Å². The zero-order valence-corrected chi connectivity index (χ0v) is 35.3. The number of rotatable bonds is 14. The fourth-order valence-corrected chi connectivity index (χ4v) is 3.33. The quantitative estimate of drug-likeness (QED) is 0.0141. The standard InChI is InChI=1S/C7H13N4O2P.C5H7N3O2.C5H10N3OP.C5H6N2O2.C5H9NO2.CH4.Li.HNO2.Na/c8-5(6(12)13)2-1-4-3-9-7(10-4)11-14;6-5-7-2-3(8-5)1-4(9)10;9-2-1-4-3-6-5(7-4)8-10;8-5(9)1-4-2-6-3-7-4;1-3-6-4-5(7)8-2;;;2-1-3;/h3,5H,1-2,8,14H2,(H,12,13)(H2,9,10,11);2H,1H2,(H,9,10)(H3,6,7,8);3,9H,1-2,10H2,(H2,6,7,8);2-3H,1H2,(H,6,7)(H,8,9);3-4,7H,1-2H3;1H4;;(H,2,3);/q;;;;;;+1;;+1/p-1/b;;;;5-4+,6-3?;;;;. The van der Waals surface area contributed by atoms with Crippen LogP contribution in [-0.2, 0) is 44.8 Å². The number of carboxylic acids is 3. The number of aliphatic carboxylic acids is 3. The molecule has 0 aromatic carbocycles. The smallest absolute Gasteiger partial charge is 0.616 e. The van der Waals surface area contributed by atoms with E-state index in [1.165, 1.54) is 32.0 Å². The molecule has 0 bridgehead atoms. The van der Waals surface area contributed by atoms with Gasteiger partial charge in [0.25, 0.3) is 0 Å². The molecule has 29 heteroatoms. The molecule has 4 rings (SSSR count). The Kier molecular flexibility index (Phi) is 42.9. The van der Waals surface area contributed by atoms with Gasteiger partial charge in [0, 0.05) is 54.4 Å². The van der Waals surface area contributed by atoms with Gasteiger partial charge < -0.3 is 82.0 Å². The number of imidazole rings is 4. The Labute approximate surface area is 367 Å². The van der Waals surface area contributed by atoms with E-state index in [0.717, 1.165) is 22.9 Å². The van der Waals surface area contributed by atoms with Gasteiger partial charge in [-0.1, -0.05) is 7.43 Å². The molecule has 308 valence electrons. The number of hydrogen-bond donors (Lipinski definition) is 12. The van der Waals surface area contributed by atoms with Gasteiger partial charge >= 0.3 is 67.8 Å². The summed E-state index contributed by atoms with van der Waals surface area (Å²) in [4.78, 5) is 68.5. The van der Waals surface area contributed by atoms with Crippen molar-refractivity contribution in [1.29, 1.82) is 0 Å². The summed E-state index contributed by atoms with van der Waals surface area (Å²) in [5.74, 6) is -1.57. The molecule has 4 aromatic rings. The average Bonchev–Trinajstić information content (AvgIpc) is 3.97. The number of aromatic nitrogens is 8. The number of aromatic amines is 4. The molecule has 25 nitrogen and oxygen atoms in total. The van der Waals surface area contributed by atoms with Crippen LogP contribution in [0, 0.1) is 10.1 Å². The van der Waals surface area contributed by atoms with Gasteiger partial charge in [0.15, 0.2) is 5.95 Å². The fraction of sp³-hybridized carbons (Fsp3) is 0.357. The Bertz CT molecular complexity index is 1670. The van der Waals surface area contributed by atoms with E-state index in [-0.39, 0.29) is 82.7 Å². The van der Waals surface area contributed by atoms with E-state index in [1.807, 2.05) is 0 Å². The molecular formula is C28H49LiN14NaO11P2+. The summed E-state index contributed by atoms with van der Waals surface area (Å²) in [6, 6.07) is -0.814. The minimum Gasteiger partial charge on any atom is -0.616 e. The van der Waals surface area contributed by atoms with Crippen LogP contribution >= 0.6 is 18.8 Å². The average molecular weight is 850 g/mol. The molecule has 0 amide bonds. The second kappa shape index (κ2) is 39.7. The van der Waals surface area contributed by atoms with Crippen LogP contribution in [-0.4, -0.2) is 104 Å². The van der Waals surface area contributed by atoms with Crippen molar-refractivity contribution in [2.45, 2.75) is 52.5 Å².